The average molecular weight is 361 g/mol. The first-order valence-corrected chi connectivity index (χ1v) is 8.44. The molecule has 0 aromatic heterocycles. The van der Waals surface area contributed by atoms with Gasteiger partial charge in [0.05, 0.1) is 12.8 Å². The fraction of sp³-hybridized carbons (Fsp3) is 0.263. The number of amides is 2. The lowest BCUT2D eigenvalue weighted by Crippen LogP contribution is -2.30. The monoisotopic (exact) mass is 360 g/mol. The Hall–Kier alpha value is -2.53. The minimum atomic E-state index is -0.784. The van der Waals surface area contributed by atoms with Crippen LogP contribution in [0.5, 0.6) is 5.75 Å². The summed E-state index contributed by atoms with van der Waals surface area (Å²) in [6.45, 7) is 4.00. The number of carbonyl (C=O) groups is 2. The van der Waals surface area contributed by atoms with Crippen LogP contribution in [0.3, 0.4) is 0 Å². The maximum Gasteiger partial charge on any atom is 0.314 e. The number of hydrogen-bond donors (Lipinski definition) is 2. The highest BCUT2D eigenvalue weighted by molar-refractivity contribution is 6.44. The van der Waals surface area contributed by atoms with Crippen molar-refractivity contribution in [2.75, 3.05) is 17.7 Å². The van der Waals surface area contributed by atoms with Crippen molar-refractivity contribution in [3.8, 4) is 5.75 Å². The third kappa shape index (κ3) is 4.51. The second kappa shape index (κ2) is 8.53. The summed E-state index contributed by atoms with van der Waals surface area (Å²) in [5.74, 6) is -1.10. The number of aryl methyl sites for hydroxylation is 2. The van der Waals surface area contributed by atoms with Crippen molar-refractivity contribution in [1.29, 1.82) is 0 Å². The molecule has 0 heterocycles. The Labute approximate surface area is 152 Å². The number of carbonyl (C=O) groups excluding carboxylic acids is 2. The molecule has 0 atom stereocenters. The Balaban J connectivity index is 2.20. The van der Waals surface area contributed by atoms with Crippen molar-refractivity contribution < 1.29 is 14.3 Å². The molecule has 2 amide bonds. The standard InChI is InChI=1S/C19H21ClN2O3/c1-4-12-7-6-8-13(5-2)17(12)22-19(24)18(23)21-15-11-14(20)9-10-16(15)25-3/h6-11H,4-5H2,1-3H3,(H,21,23)(H,22,24). The summed E-state index contributed by atoms with van der Waals surface area (Å²) in [6, 6.07) is 10.6. The molecule has 2 N–H and O–H groups in total. The Kier molecular flexibility index (Phi) is 6.42. The van der Waals surface area contributed by atoms with Gasteiger partial charge >= 0.3 is 11.8 Å². The van der Waals surface area contributed by atoms with Gasteiger partial charge < -0.3 is 15.4 Å². The van der Waals surface area contributed by atoms with Gasteiger partial charge in [-0.3, -0.25) is 9.59 Å². The fourth-order valence-corrected chi connectivity index (χ4v) is 2.70. The minimum Gasteiger partial charge on any atom is -0.495 e. The zero-order valence-electron chi connectivity index (χ0n) is 14.5. The van der Waals surface area contributed by atoms with Crippen LogP contribution in [-0.2, 0) is 22.4 Å². The smallest absolute Gasteiger partial charge is 0.314 e. The van der Waals surface area contributed by atoms with Crippen molar-refractivity contribution in [3.05, 3.63) is 52.5 Å². The summed E-state index contributed by atoms with van der Waals surface area (Å²) in [6.07, 6.45) is 1.51. The van der Waals surface area contributed by atoms with E-state index in [2.05, 4.69) is 10.6 Å². The van der Waals surface area contributed by atoms with Crippen LogP contribution in [0.25, 0.3) is 0 Å². The van der Waals surface area contributed by atoms with Crippen LogP contribution in [0.4, 0.5) is 11.4 Å². The zero-order valence-corrected chi connectivity index (χ0v) is 15.2. The zero-order chi connectivity index (χ0) is 18.4. The van der Waals surface area contributed by atoms with E-state index in [9.17, 15) is 9.59 Å². The number of anilines is 2. The van der Waals surface area contributed by atoms with Gasteiger partial charge in [-0.25, -0.2) is 0 Å². The van der Waals surface area contributed by atoms with Gasteiger partial charge in [0.15, 0.2) is 0 Å². The van der Waals surface area contributed by atoms with Gasteiger partial charge in [-0.2, -0.15) is 0 Å². The molecule has 0 spiro atoms. The molecule has 0 bridgehead atoms. The quantitative estimate of drug-likeness (QED) is 0.790. The minimum absolute atomic E-state index is 0.342. The van der Waals surface area contributed by atoms with E-state index >= 15 is 0 Å². The number of benzene rings is 2. The van der Waals surface area contributed by atoms with Crippen molar-refractivity contribution in [2.24, 2.45) is 0 Å². The van der Waals surface area contributed by atoms with Crippen LogP contribution < -0.4 is 15.4 Å². The topological polar surface area (TPSA) is 67.4 Å². The van der Waals surface area contributed by atoms with Crippen molar-refractivity contribution >= 4 is 34.8 Å². The first-order chi connectivity index (χ1) is 12.0. The highest BCUT2D eigenvalue weighted by Gasteiger charge is 2.18. The maximum atomic E-state index is 12.3. The summed E-state index contributed by atoms with van der Waals surface area (Å²) in [5.41, 5.74) is 3.02. The van der Waals surface area contributed by atoms with Crippen LogP contribution in [0, 0.1) is 0 Å². The molecular weight excluding hydrogens is 340 g/mol. The second-order valence-electron chi connectivity index (χ2n) is 5.41. The van der Waals surface area contributed by atoms with E-state index in [0.29, 0.717) is 22.1 Å². The lowest BCUT2D eigenvalue weighted by molar-refractivity contribution is -0.133. The molecule has 0 fully saturated rings. The Morgan fingerprint density at radius 3 is 2.16 bits per heavy atom. The number of rotatable bonds is 5. The van der Waals surface area contributed by atoms with Gasteiger partial charge in [0.2, 0.25) is 0 Å². The molecular formula is C19H21ClN2O3. The van der Waals surface area contributed by atoms with Crippen LogP contribution in [0.1, 0.15) is 25.0 Å². The van der Waals surface area contributed by atoms with Gasteiger partial charge in [0.1, 0.15) is 5.75 Å². The normalized spacial score (nSPS) is 10.2. The van der Waals surface area contributed by atoms with Crippen LogP contribution >= 0.6 is 11.6 Å². The van der Waals surface area contributed by atoms with Gasteiger partial charge in [0, 0.05) is 10.7 Å². The number of para-hydroxylation sites is 1. The summed E-state index contributed by atoms with van der Waals surface area (Å²) in [4.78, 5) is 24.6. The van der Waals surface area contributed by atoms with E-state index in [4.69, 9.17) is 16.3 Å². The number of ether oxygens (including phenoxy) is 1. The highest BCUT2D eigenvalue weighted by atomic mass is 35.5. The largest absolute Gasteiger partial charge is 0.495 e. The Morgan fingerprint density at radius 1 is 1.00 bits per heavy atom. The predicted octanol–water partition coefficient (Wildman–Crippen LogP) is 4.05. The molecule has 5 nitrogen and oxygen atoms in total. The van der Waals surface area contributed by atoms with Gasteiger partial charge in [-0.05, 0) is 42.2 Å². The fourth-order valence-electron chi connectivity index (χ4n) is 2.53. The molecule has 2 aromatic carbocycles. The Morgan fingerprint density at radius 2 is 1.60 bits per heavy atom. The van der Waals surface area contributed by atoms with E-state index in [1.54, 1.807) is 12.1 Å². The predicted molar refractivity (Wildman–Crippen MR) is 100 cm³/mol. The first kappa shape index (κ1) is 18.8. The van der Waals surface area contributed by atoms with Crippen molar-refractivity contribution in [3.63, 3.8) is 0 Å². The summed E-state index contributed by atoms with van der Waals surface area (Å²) in [5, 5.41) is 5.70. The van der Waals surface area contributed by atoms with E-state index in [0.717, 1.165) is 24.0 Å². The van der Waals surface area contributed by atoms with E-state index in [1.807, 2.05) is 32.0 Å². The molecule has 2 aromatic rings. The molecule has 0 saturated heterocycles. The molecule has 0 unspecified atom stereocenters. The van der Waals surface area contributed by atoms with Gasteiger partial charge in [-0.1, -0.05) is 43.6 Å². The molecule has 0 aliphatic carbocycles. The lowest BCUT2D eigenvalue weighted by atomic mass is 10.0. The number of nitrogens with one attached hydrogen (secondary N) is 2. The maximum absolute atomic E-state index is 12.3. The number of hydrogen-bond acceptors (Lipinski definition) is 3. The molecule has 0 aliphatic heterocycles. The number of methoxy groups -OCH3 is 1. The highest BCUT2D eigenvalue weighted by Crippen LogP contribution is 2.28. The third-order valence-electron chi connectivity index (χ3n) is 3.85. The molecule has 25 heavy (non-hydrogen) atoms. The summed E-state index contributed by atoms with van der Waals surface area (Å²) >= 11 is 5.94. The van der Waals surface area contributed by atoms with Crippen LogP contribution in [0.2, 0.25) is 5.02 Å². The lowest BCUT2D eigenvalue weighted by Gasteiger charge is -2.15. The van der Waals surface area contributed by atoms with Crippen molar-refractivity contribution in [1.82, 2.24) is 0 Å². The molecule has 0 saturated carbocycles. The van der Waals surface area contributed by atoms with Crippen molar-refractivity contribution in [2.45, 2.75) is 26.7 Å². The molecule has 2 rings (SSSR count). The van der Waals surface area contributed by atoms with Crippen LogP contribution in [-0.4, -0.2) is 18.9 Å². The summed E-state index contributed by atoms with van der Waals surface area (Å²) < 4.78 is 5.17. The Bertz CT molecular complexity index is 768. The number of halogens is 1. The van der Waals surface area contributed by atoms with Crippen LogP contribution in [0.15, 0.2) is 36.4 Å². The molecule has 6 heteroatoms. The van der Waals surface area contributed by atoms with E-state index in [-0.39, 0.29) is 0 Å². The third-order valence-corrected chi connectivity index (χ3v) is 4.09. The summed E-state index contributed by atoms with van der Waals surface area (Å²) in [7, 11) is 1.48. The van der Waals surface area contributed by atoms with Gasteiger partial charge in [-0.15, -0.1) is 0 Å². The first-order valence-electron chi connectivity index (χ1n) is 8.06. The second-order valence-corrected chi connectivity index (χ2v) is 5.85. The molecule has 0 aliphatic rings. The molecule has 132 valence electrons. The molecule has 0 radical (unpaired) electrons. The average Bonchev–Trinajstić information content (AvgIpc) is 2.61. The van der Waals surface area contributed by atoms with E-state index in [1.165, 1.54) is 13.2 Å². The van der Waals surface area contributed by atoms with Gasteiger partial charge in [0.25, 0.3) is 0 Å². The SMILES string of the molecule is CCc1cccc(CC)c1NC(=O)C(=O)Nc1cc(Cl)ccc1OC. The van der Waals surface area contributed by atoms with E-state index < -0.39 is 11.8 Å².